The van der Waals surface area contributed by atoms with Crippen LogP contribution < -0.4 is 5.32 Å². The molecule has 0 saturated heterocycles. The van der Waals surface area contributed by atoms with Crippen LogP contribution in [-0.4, -0.2) is 10.2 Å². The van der Waals surface area contributed by atoms with Crippen molar-refractivity contribution < 1.29 is 9.18 Å². The molecular formula is C14H15FN2OS. The molecule has 0 aliphatic carbocycles. The molecule has 100 valence electrons. The molecule has 0 fully saturated rings. The zero-order valence-electron chi connectivity index (χ0n) is 11.0. The summed E-state index contributed by atoms with van der Waals surface area (Å²) in [5.74, 6) is -0.255. The number of Topliss-reactive ketones (excluding diaryl/α,β-unsaturated/α-hetero) is 1. The van der Waals surface area contributed by atoms with Crippen LogP contribution in [0.25, 0.3) is 0 Å². The van der Waals surface area contributed by atoms with Crippen LogP contribution in [-0.2, 0) is 0 Å². The average molecular weight is 278 g/mol. The van der Waals surface area contributed by atoms with Gasteiger partial charge in [-0.1, -0.05) is 12.1 Å². The van der Waals surface area contributed by atoms with Crippen LogP contribution in [0.4, 0.5) is 9.39 Å². The number of nitrogens with zero attached hydrogens (tertiary/aromatic N) is 1. The van der Waals surface area contributed by atoms with Gasteiger partial charge in [0.15, 0.2) is 5.78 Å². The largest absolute Gasteiger partial charge is 0.369 e. The van der Waals surface area contributed by atoms with Crippen LogP contribution in [0.3, 0.4) is 0 Å². The fourth-order valence-corrected chi connectivity index (χ4v) is 2.85. The Morgan fingerprint density at radius 3 is 2.58 bits per heavy atom. The van der Waals surface area contributed by atoms with Crippen molar-refractivity contribution in [1.29, 1.82) is 0 Å². The van der Waals surface area contributed by atoms with Gasteiger partial charge in [-0.25, -0.2) is 4.39 Å². The van der Waals surface area contributed by atoms with Gasteiger partial charge in [-0.05, 0) is 50.0 Å². The molecule has 2 aromatic rings. The minimum atomic E-state index is -0.256. The van der Waals surface area contributed by atoms with E-state index in [0.29, 0.717) is 5.56 Å². The fourth-order valence-electron chi connectivity index (χ4n) is 1.91. The smallest absolute Gasteiger partial charge is 0.164 e. The number of rotatable bonds is 4. The van der Waals surface area contributed by atoms with Gasteiger partial charge in [-0.2, -0.15) is 4.37 Å². The van der Waals surface area contributed by atoms with Crippen molar-refractivity contribution in [3.63, 3.8) is 0 Å². The van der Waals surface area contributed by atoms with Crippen molar-refractivity contribution in [2.75, 3.05) is 5.32 Å². The fraction of sp³-hybridized carbons (Fsp3) is 0.286. The molecule has 1 aromatic carbocycles. The lowest BCUT2D eigenvalue weighted by atomic mass is 10.1. The second kappa shape index (κ2) is 5.48. The summed E-state index contributed by atoms with van der Waals surface area (Å²) in [5.41, 5.74) is 2.34. The first-order valence-electron chi connectivity index (χ1n) is 5.98. The Hall–Kier alpha value is -1.75. The third-order valence-corrected chi connectivity index (χ3v) is 3.80. The van der Waals surface area contributed by atoms with E-state index in [0.717, 1.165) is 16.3 Å². The maximum Gasteiger partial charge on any atom is 0.164 e. The van der Waals surface area contributed by atoms with Crippen LogP contribution >= 0.6 is 11.5 Å². The zero-order valence-corrected chi connectivity index (χ0v) is 11.8. The van der Waals surface area contributed by atoms with Crippen molar-refractivity contribution in [3.8, 4) is 0 Å². The van der Waals surface area contributed by atoms with Gasteiger partial charge in [0.1, 0.15) is 10.8 Å². The monoisotopic (exact) mass is 278 g/mol. The van der Waals surface area contributed by atoms with Gasteiger partial charge in [-0.3, -0.25) is 4.79 Å². The Morgan fingerprint density at radius 1 is 1.37 bits per heavy atom. The molecule has 0 radical (unpaired) electrons. The number of ketones is 1. The number of aryl methyl sites for hydroxylation is 1. The zero-order chi connectivity index (χ0) is 14.0. The highest BCUT2D eigenvalue weighted by atomic mass is 32.1. The van der Waals surface area contributed by atoms with Crippen LogP contribution in [0, 0.1) is 12.7 Å². The van der Waals surface area contributed by atoms with Crippen molar-refractivity contribution in [2.45, 2.75) is 26.8 Å². The Balaban J connectivity index is 2.21. The minimum absolute atomic E-state index is 0.0000520. The summed E-state index contributed by atoms with van der Waals surface area (Å²) >= 11 is 1.27. The predicted octanol–water partition coefficient (Wildman–Crippen LogP) is 3.97. The third kappa shape index (κ3) is 2.98. The van der Waals surface area contributed by atoms with E-state index in [1.54, 1.807) is 12.1 Å². The normalized spacial score (nSPS) is 12.2. The highest BCUT2D eigenvalue weighted by Gasteiger charge is 2.16. The summed E-state index contributed by atoms with van der Waals surface area (Å²) in [6.07, 6.45) is 0. The number of nitrogens with one attached hydrogen (secondary N) is 1. The molecule has 3 nitrogen and oxygen atoms in total. The van der Waals surface area contributed by atoms with Crippen molar-refractivity contribution >= 4 is 22.3 Å². The number of aromatic nitrogens is 1. The Bertz CT molecular complexity index is 592. The van der Waals surface area contributed by atoms with Gasteiger partial charge in [0.25, 0.3) is 0 Å². The van der Waals surface area contributed by atoms with Crippen LogP contribution in [0.15, 0.2) is 24.3 Å². The molecule has 0 spiro atoms. The lowest BCUT2D eigenvalue weighted by Gasteiger charge is -2.14. The summed E-state index contributed by atoms with van der Waals surface area (Å²) in [4.78, 5) is 11.6. The molecule has 0 saturated carbocycles. The summed E-state index contributed by atoms with van der Waals surface area (Å²) in [5, 5.41) is 4.03. The molecule has 2 rings (SSSR count). The lowest BCUT2D eigenvalue weighted by Crippen LogP contribution is -2.08. The summed E-state index contributed by atoms with van der Waals surface area (Å²) in [7, 11) is 0. The lowest BCUT2D eigenvalue weighted by molar-refractivity contribution is 0.101. The number of benzene rings is 1. The first kappa shape index (κ1) is 13.7. The molecule has 0 amide bonds. The summed E-state index contributed by atoms with van der Waals surface area (Å²) in [6, 6.07) is 6.30. The molecule has 0 aliphatic rings. The summed E-state index contributed by atoms with van der Waals surface area (Å²) < 4.78 is 17.1. The Morgan fingerprint density at radius 2 is 2.00 bits per heavy atom. The second-order valence-electron chi connectivity index (χ2n) is 4.45. The van der Waals surface area contributed by atoms with E-state index >= 15 is 0 Å². The quantitative estimate of drug-likeness (QED) is 0.860. The molecular weight excluding hydrogens is 263 g/mol. The second-order valence-corrected chi connectivity index (χ2v) is 5.22. The van der Waals surface area contributed by atoms with E-state index in [4.69, 9.17) is 0 Å². The van der Waals surface area contributed by atoms with Crippen molar-refractivity contribution in [1.82, 2.24) is 4.37 Å². The van der Waals surface area contributed by atoms with E-state index in [-0.39, 0.29) is 17.6 Å². The number of hydrogen-bond acceptors (Lipinski definition) is 4. The average Bonchev–Trinajstić information content (AvgIpc) is 2.71. The first-order valence-corrected chi connectivity index (χ1v) is 6.75. The number of carbonyl (C=O) groups is 1. The molecule has 1 aromatic heterocycles. The van der Waals surface area contributed by atoms with E-state index in [9.17, 15) is 9.18 Å². The van der Waals surface area contributed by atoms with E-state index in [1.807, 2.05) is 13.8 Å². The standard InChI is InChI=1S/C14H15FN2OS/c1-8(11-4-6-12(15)7-5-11)16-14-13(10(3)18)9(2)17-19-14/h4-8,16H,1-3H3. The van der Waals surface area contributed by atoms with Gasteiger partial charge in [-0.15, -0.1) is 0 Å². The molecule has 19 heavy (non-hydrogen) atoms. The number of anilines is 1. The predicted molar refractivity (Wildman–Crippen MR) is 75.3 cm³/mol. The maximum atomic E-state index is 12.9. The highest BCUT2D eigenvalue weighted by Crippen LogP contribution is 2.28. The molecule has 1 N–H and O–H groups in total. The Kier molecular flexibility index (Phi) is 3.95. The Labute approximate surface area is 115 Å². The van der Waals surface area contributed by atoms with Gasteiger partial charge in [0, 0.05) is 6.04 Å². The van der Waals surface area contributed by atoms with Crippen molar-refractivity contribution in [3.05, 3.63) is 46.9 Å². The minimum Gasteiger partial charge on any atom is -0.369 e. The van der Waals surface area contributed by atoms with E-state index in [1.165, 1.54) is 30.6 Å². The van der Waals surface area contributed by atoms with Crippen LogP contribution in [0.2, 0.25) is 0 Å². The molecule has 0 aliphatic heterocycles. The SMILES string of the molecule is CC(=O)c1c(C)nsc1NC(C)c1ccc(F)cc1. The highest BCUT2D eigenvalue weighted by molar-refractivity contribution is 7.10. The molecule has 1 atom stereocenters. The van der Waals surface area contributed by atoms with Gasteiger partial charge in [0.05, 0.1) is 11.3 Å². The summed E-state index contributed by atoms with van der Waals surface area (Å²) in [6.45, 7) is 5.32. The van der Waals surface area contributed by atoms with Gasteiger partial charge in [0.2, 0.25) is 0 Å². The topological polar surface area (TPSA) is 42.0 Å². The van der Waals surface area contributed by atoms with Crippen molar-refractivity contribution in [2.24, 2.45) is 0 Å². The molecule has 1 heterocycles. The van der Waals surface area contributed by atoms with Gasteiger partial charge < -0.3 is 5.32 Å². The molecule has 1 unspecified atom stereocenters. The molecule has 0 bridgehead atoms. The van der Waals surface area contributed by atoms with Crippen LogP contribution in [0.1, 0.15) is 41.5 Å². The first-order chi connectivity index (χ1) is 8.99. The van der Waals surface area contributed by atoms with E-state index < -0.39 is 0 Å². The number of halogens is 1. The third-order valence-electron chi connectivity index (χ3n) is 2.93. The molecule has 5 heteroatoms. The number of hydrogen-bond donors (Lipinski definition) is 1. The van der Waals surface area contributed by atoms with Crippen LogP contribution in [0.5, 0.6) is 0 Å². The maximum absolute atomic E-state index is 12.9. The number of carbonyl (C=O) groups excluding carboxylic acids is 1. The van der Waals surface area contributed by atoms with Gasteiger partial charge >= 0.3 is 0 Å². The van der Waals surface area contributed by atoms with E-state index in [2.05, 4.69) is 9.69 Å².